The van der Waals surface area contributed by atoms with Gasteiger partial charge in [-0.2, -0.15) is 26.3 Å². The Morgan fingerprint density at radius 3 is 2.04 bits per heavy atom. The van der Waals surface area contributed by atoms with Crippen LogP contribution in [0.5, 0.6) is 0 Å². The number of pyridine rings is 1. The smallest absolute Gasteiger partial charge is 0.356 e. The number of nitrogens with zero attached hydrogens (tertiary/aromatic N) is 1. The van der Waals surface area contributed by atoms with E-state index in [2.05, 4.69) is 0 Å². The Bertz CT molecular complexity index is 806. The molecule has 0 N–H and O–H groups in total. The fourth-order valence-electron chi connectivity index (χ4n) is 2.02. The van der Waals surface area contributed by atoms with Gasteiger partial charge in [0, 0.05) is 25.0 Å². The molecule has 0 atom stereocenters. The predicted octanol–water partition coefficient (Wildman–Crippen LogP) is 4.74. The maximum Gasteiger partial charge on any atom is 0.421 e. The van der Waals surface area contributed by atoms with Gasteiger partial charge in [-0.05, 0) is 17.7 Å². The molecule has 0 aliphatic rings. The molecule has 2 aromatic rings. The third kappa shape index (κ3) is 3.52. The number of aryl methyl sites for hydroxylation is 1. The maximum atomic E-state index is 12.8. The van der Waals surface area contributed by atoms with Crippen LogP contribution in [0, 0.1) is 0 Å². The molecule has 0 saturated heterocycles. The van der Waals surface area contributed by atoms with Gasteiger partial charge >= 0.3 is 12.4 Å². The summed E-state index contributed by atoms with van der Waals surface area (Å²) in [4.78, 5) is 12.0. The normalized spacial score (nSPS) is 12.5. The first-order valence-corrected chi connectivity index (χ1v) is 6.43. The van der Waals surface area contributed by atoms with Crippen molar-refractivity contribution in [1.82, 2.24) is 4.57 Å². The van der Waals surface area contributed by atoms with E-state index in [-0.39, 0.29) is 5.56 Å². The lowest BCUT2D eigenvalue weighted by atomic mass is 10.0. The Morgan fingerprint density at radius 1 is 0.957 bits per heavy atom. The summed E-state index contributed by atoms with van der Waals surface area (Å²) in [5.41, 5.74) is -4.87. The molecule has 0 spiro atoms. The van der Waals surface area contributed by atoms with Crippen LogP contribution < -0.4 is 5.43 Å². The van der Waals surface area contributed by atoms with Crippen molar-refractivity contribution in [2.45, 2.75) is 12.4 Å². The molecule has 124 valence electrons. The first kappa shape index (κ1) is 17.4. The lowest BCUT2D eigenvalue weighted by Crippen LogP contribution is -2.22. The summed E-state index contributed by atoms with van der Waals surface area (Å²) in [6, 6.07) is 2.51. The number of hydrogen-bond acceptors (Lipinski definition) is 1. The highest BCUT2D eigenvalue weighted by atomic mass is 35.5. The van der Waals surface area contributed by atoms with Crippen molar-refractivity contribution in [2.75, 3.05) is 0 Å². The molecule has 1 aromatic carbocycles. The van der Waals surface area contributed by atoms with Gasteiger partial charge in [-0.15, -0.1) is 0 Å². The van der Waals surface area contributed by atoms with Crippen molar-refractivity contribution < 1.29 is 26.3 Å². The van der Waals surface area contributed by atoms with Crippen molar-refractivity contribution in [3.63, 3.8) is 0 Å². The fourth-order valence-corrected chi connectivity index (χ4v) is 2.25. The Morgan fingerprint density at radius 2 is 1.52 bits per heavy atom. The molecule has 2 nitrogen and oxygen atoms in total. The minimum absolute atomic E-state index is 0.298. The van der Waals surface area contributed by atoms with Gasteiger partial charge in [0.05, 0.1) is 10.6 Å². The molecule has 9 heteroatoms. The van der Waals surface area contributed by atoms with Crippen molar-refractivity contribution >= 4 is 11.6 Å². The van der Waals surface area contributed by atoms with E-state index < -0.39 is 39.5 Å². The third-order valence-corrected chi connectivity index (χ3v) is 3.37. The quantitative estimate of drug-likeness (QED) is 0.677. The number of benzene rings is 1. The molecule has 0 aliphatic carbocycles. The second kappa shape index (κ2) is 5.59. The van der Waals surface area contributed by atoms with Crippen molar-refractivity contribution in [1.29, 1.82) is 0 Å². The number of hydrogen-bond donors (Lipinski definition) is 0. The number of rotatable bonds is 1. The Balaban J connectivity index is 2.74. The Kier molecular flexibility index (Phi) is 4.23. The summed E-state index contributed by atoms with van der Waals surface area (Å²) < 4.78 is 78.0. The SMILES string of the molecule is Cn1cc(-c2ccc(Cl)c(C(F)(F)F)c2)c(=O)c(C(F)(F)F)c1. The van der Waals surface area contributed by atoms with Gasteiger partial charge < -0.3 is 4.57 Å². The van der Waals surface area contributed by atoms with Crippen LogP contribution in [0.25, 0.3) is 11.1 Å². The molecule has 0 aliphatic heterocycles. The summed E-state index contributed by atoms with van der Waals surface area (Å²) in [5.74, 6) is 0. The van der Waals surface area contributed by atoms with Crippen LogP contribution in [-0.2, 0) is 19.4 Å². The van der Waals surface area contributed by atoms with Gasteiger partial charge in [-0.3, -0.25) is 4.79 Å². The number of aromatic nitrogens is 1. The van der Waals surface area contributed by atoms with Crippen LogP contribution >= 0.6 is 11.6 Å². The Hall–Kier alpha value is -1.96. The van der Waals surface area contributed by atoms with E-state index in [1.807, 2.05) is 0 Å². The largest absolute Gasteiger partial charge is 0.421 e. The van der Waals surface area contributed by atoms with E-state index in [0.29, 0.717) is 12.3 Å². The molecule has 0 saturated carbocycles. The summed E-state index contributed by atoms with van der Waals surface area (Å²) in [6.07, 6.45) is -8.10. The molecule has 0 unspecified atom stereocenters. The minimum Gasteiger partial charge on any atom is -0.356 e. The molecule has 0 radical (unpaired) electrons. The van der Waals surface area contributed by atoms with Crippen LogP contribution in [0.3, 0.4) is 0 Å². The monoisotopic (exact) mass is 355 g/mol. The van der Waals surface area contributed by atoms with Crippen LogP contribution in [0.15, 0.2) is 35.4 Å². The van der Waals surface area contributed by atoms with Crippen LogP contribution in [0.1, 0.15) is 11.1 Å². The van der Waals surface area contributed by atoms with E-state index in [9.17, 15) is 31.1 Å². The van der Waals surface area contributed by atoms with Crippen molar-refractivity contribution in [3.05, 3.63) is 57.0 Å². The second-order valence-electron chi connectivity index (χ2n) is 4.77. The van der Waals surface area contributed by atoms with Crippen LogP contribution in [0.2, 0.25) is 5.02 Å². The van der Waals surface area contributed by atoms with Gasteiger partial charge in [0.2, 0.25) is 5.43 Å². The van der Waals surface area contributed by atoms with Crippen LogP contribution in [0.4, 0.5) is 26.3 Å². The minimum atomic E-state index is -4.91. The lowest BCUT2D eigenvalue weighted by molar-refractivity contribution is -0.139. The molecule has 2 rings (SSSR count). The summed E-state index contributed by atoms with van der Waals surface area (Å²) in [6.45, 7) is 0. The summed E-state index contributed by atoms with van der Waals surface area (Å²) in [5, 5.41) is -0.606. The van der Waals surface area contributed by atoms with Gasteiger partial charge in [0.15, 0.2) is 0 Å². The molecule has 0 amide bonds. The average molecular weight is 356 g/mol. The first-order valence-electron chi connectivity index (χ1n) is 6.06. The highest BCUT2D eigenvalue weighted by Crippen LogP contribution is 2.37. The maximum absolute atomic E-state index is 12.8. The van der Waals surface area contributed by atoms with E-state index in [1.165, 1.54) is 7.05 Å². The molecule has 1 heterocycles. The van der Waals surface area contributed by atoms with E-state index in [1.54, 1.807) is 0 Å². The fraction of sp³-hybridized carbons (Fsp3) is 0.214. The van der Waals surface area contributed by atoms with E-state index in [0.717, 1.165) is 22.9 Å². The lowest BCUT2D eigenvalue weighted by Gasteiger charge is -2.13. The van der Waals surface area contributed by atoms with Crippen LogP contribution in [-0.4, -0.2) is 4.57 Å². The zero-order valence-electron chi connectivity index (χ0n) is 11.4. The first-order chi connectivity index (χ1) is 10.4. The summed E-state index contributed by atoms with van der Waals surface area (Å²) >= 11 is 5.46. The molecular formula is C14H8ClF6NO. The third-order valence-electron chi connectivity index (χ3n) is 3.04. The van der Waals surface area contributed by atoms with Gasteiger partial charge in [0.25, 0.3) is 0 Å². The van der Waals surface area contributed by atoms with Gasteiger partial charge in [-0.25, -0.2) is 0 Å². The highest BCUT2D eigenvalue weighted by molar-refractivity contribution is 6.31. The zero-order chi connectivity index (χ0) is 17.6. The zero-order valence-corrected chi connectivity index (χ0v) is 12.1. The van der Waals surface area contributed by atoms with Gasteiger partial charge in [0.1, 0.15) is 5.56 Å². The van der Waals surface area contributed by atoms with Gasteiger partial charge in [-0.1, -0.05) is 17.7 Å². The van der Waals surface area contributed by atoms with E-state index in [4.69, 9.17) is 11.6 Å². The molecular weight excluding hydrogens is 348 g/mol. The standard InChI is InChI=1S/C14H8ClF6NO/c1-22-5-8(12(23)10(6-22)14(19,20)21)7-2-3-11(15)9(4-7)13(16,17)18/h2-6H,1H3. The summed E-state index contributed by atoms with van der Waals surface area (Å²) in [7, 11) is 1.23. The molecule has 23 heavy (non-hydrogen) atoms. The van der Waals surface area contributed by atoms with E-state index >= 15 is 0 Å². The average Bonchev–Trinajstić information content (AvgIpc) is 2.39. The second-order valence-corrected chi connectivity index (χ2v) is 5.18. The highest BCUT2D eigenvalue weighted by Gasteiger charge is 2.36. The number of halogens is 7. The molecule has 1 aromatic heterocycles. The molecule has 0 fully saturated rings. The van der Waals surface area contributed by atoms with Crippen molar-refractivity contribution in [3.8, 4) is 11.1 Å². The molecule has 0 bridgehead atoms. The Labute approximate surface area is 130 Å². The topological polar surface area (TPSA) is 22.0 Å². The number of alkyl halides is 6. The predicted molar refractivity (Wildman–Crippen MR) is 72.1 cm³/mol. The van der Waals surface area contributed by atoms with Crippen molar-refractivity contribution in [2.24, 2.45) is 7.05 Å².